The van der Waals surface area contributed by atoms with Crippen LogP contribution in [0.15, 0.2) is 47.0 Å². The lowest BCUT2D eigenvalue weighted by atomic mass is 9.98. The van der Waals surface area contributed by atoms with Crippen molar-refractivity contribution in [3.8, 4) is 17.1 Å². The Hall–Kier alpha value is -3.57. The zero-order valence-corrected chi connectivity index (χ0v) is 18.3. The average molecular weight is 499 g/mol. The lowest BCUT2D eigenvalue weighted by Crippen LogP contribution is -2.39. The Morgan fingerprint density at radius 2 is 1.63 bits per heavy atom. The van der Waals surface area contributed by atoms with Crippen molar-refractivity contribution in [3.63, 3.8) is 0 Å². The molecule has 1 saturated heterocycles. The number of methoxy groups -OCH3 is 1. The first kappa shape index (κ1) is 24.6. The van der Waals surface area contributed by atoms with E-state index in [1.807, 2.05) is 0 Å². The van der Waals surface area contributed by atoms with Crippen molar-refractivity contribution < 1.29 is 40.4 Å². The molecule has 1 aromatic heterocycles. The first-order chi connectivity index (χ1) is 16.5. The predicted octanol–water partition coefficient (Wildman–Crippen LogP) is 6.15. The van der Waals surface area contributed by atoms with E-state index in [1.165, 1.54) is 12.0 Å². The van der Waals surface area contributed by atoms with Gasteiger partial charge in [0.2, 0.25) is 11.7 Å². The third-order valence-corrected chi connectivity index (χ3v) is 5.67. The van der Waals surface area contributed by atoms with Crippen molar-refractivity contribution in [2.75, 3.05) is 13.7 Å². The number of piperidine rings is 1. The SMILES string of the molecule is COc1ccc(-c2noc(C3CCCCN3C(=O)c3cc(C(F)(F)F)cc(C(F)(F)F)c3)n2)cc1. The van der Waals surface area contributed by atoms with Gasteiger partial charge in [0.05, 0.1) is 18.2 Å². The van der Waals surface area contributed by atoms with Gasteiger partial charge in [0.15, 0.2) is 0 Å². The van der Waals surface area contributed by atoms with Crippen LogP contribution in [0.5, 0.6) is 5.75 Å². The number of carbonyl (C=O) groups excluding carboxylic acids is 1. The Bertz CT molecular complexity index is 1170. The molecule has 1 fully saturated rings. The summed E-state index contributed by atoms with van der Waals surface area (Å²) in [5.41, 5.74) is -3.22. The van der Waals surface area contributed by atoms with Crippen LogP contribution >= 0.6 is 0 Å². The number of rotatable bonds is 4. The molecule has 1 aliphatic heterocycles. The minimum Gasteiger partial charge on any atom is -0.497 e. The number of ether oxygens (including phenoxy) is 1. The van der Waals surface area contributed by atoms with Crippen molar-refractivity contribution in [3.05, 3.63) is 65.0 Å². The molecule has 12 heteroatoms. The van der Waals surface area contributed by atoms with Gasteiger partial charge in [0.1, 0.15) is 11.8 Å². The van der Waals surface area contributed by atoms with Crippen LogP contribution in [0.1, 0.15) is 52.7 Å². The first-order valence-corrected chi connectivity index (χ1v) is 10.6. The van der Waals surface area contributed by atoms with Gasteiger partial charge in [-0.25, -0.2) is 0 Å². The standard InChI is InChI=1S/C23H19F6N3O3/c1-34-17-7-5-13(6-8-17)19-30-20(35-31-19)18-4-2-3-9-32(18)21(33)14-10-15(22(24,25)26)12-16(11-14)23(27,28)29/h5-8,10-12,18H,2-4,9H2,1H3. The van der Waals surface area contributed by atoms with Gasteiger partial charge in [0.25, 0.3) is 5.91 Å². The summed E-state index contributed by atoms with van der Waals surface area (Å²) >= 11 is 0. The van der Waals surface area contributed by atoms with Crippen LogP contribution in [0, 0.1) is 0 Å². The first-order valence-electron chi connectivity index (χ1n) is 10.6. The molecule has 0 N–H and O–H groups in total. The fourth-order valence-electron chi connectivity index (χ4n) is 3.90. The maximum atomic E-state index is 13.3. The maximum absolute atomic E-state index is 13.3. The van der Waals surface area contributed by atoms with E-state index in [4.69, 9.17) is 9.26 Å². The summed E-state index contributed by atoms with van der Waals surface area (Å²) in [4.78, 5) is 18.7. The van der Waals surface area contributed by atoms with Crippen LogP contribution in [0.25, 0.3) is 11.4 Å². The molecule has 4 rings (SSSR count). The molecule has 6 nitrogen and oxygen atoms in total. The van der Waals surface area contributed by atoms with Gasteiger partial charge < -0.3 is 14.2 Å². The summed E-state index contributed by atoms with van der Waals surface area (Å²) in [6, 6.07) is 6.82. The Morgan fingerprint density at radius 3 is 2.20 bits per heavy atom. The molecule has 2 aromatic carbocycles. The van der Waals surface area contributed by atoms with Gasteiger partial charge in [-0.2, -0.15) is 31.3 Å². The molecule has 2 heterocycles. The second kappa shape index (κ2) is 9.23. The number of hydrogen-bond acceptors (Lipinski definition) is 5. The molecule has 0 radical (unpaired) electrons. The van der Waals surface area contributed by atoms with Crippen molar-refractivity contribution in [1.82, 2.24) is 15.0 Å². The summed E-state index contributed by atoms with van der Waals surface area (Å²) in [7, 11) is 1.51. The number of aromatic nitrogens is 2. The fourth-order valence-corrected chi connectivity index (χ4v) is 3.90. The monoisotopic (exact) mass is 499 g/mol. The van der Waals surface area contributed by atoms with Crippen LogP contribution in [0.2, 0.25) is 0 Å². The molecular weight excluding hydrogens is 480 g/mol. The van der Waals surface area contributed by atoms with Crippen LogP contribution in [-0.4, -0.2) is 34.6 Å². The number of nitrogens with zero attached hydrogens (tertiary/aromatic N) is 3. The van der Waals surface area contributed by atoms with Crippen molar-refractivity contribution >= 4 is 5.91 Å². The molecule has 1 atom stereocenters. The Balaban J connectivity index is 1.66. The number of amides is 1. The van der Waals surface area contributed by atoms with Crippen molar-refractivity contribution in [1.29, 1.82) is 0 Å². The van der Waals surface area contributed by atoms with Gasteiger partial charge in [-0.1, -0.05) is 5.16 Å². The Morgan fingerprint density at radius 1 is 1.00 bits per heavy atom. The zero-order chi connectivity index (χ0) is 25.4. The molecular formula is C23H19F6N3O3. The molecule has 186 valence electrons. The number of benzene rings is 2. The molecule has 1 amide bonds. The molecule has 35 heavy (non-hydrogen) atoms. The van der Waals surface area contributed by atoms with E-state index >= 15 is 0 Å². The smallest absolute Gasteiger partial charge is 0.416 e. The normalized spacial score (nSPS) is 16.9. The quantitative estimate of drug-likeness (QED) is 0.403. The van der Waals surface area contributed by atoms with E-state index in [0.29, 0.717) is 42.7 Å². The number of hydrogen-bond donors (Lipinski definition) is 0. The Kier molecular flexibility index (Phi) is 6.48. The minimum absolute atomic E-state index is 0.0103. The molecule has 0 bridgehead atoms. The Labute approximate surface area is 195 Å². The van der Waals surface area contributed by atoms with E-state index in [1.54, 1.807) is 24.3 Å². The van der Waals surface area contributed by atoms with Gasteiger partial charge in [-0.15, -0.1) is 0 Å². The number of carbonyl (C=O) groups is 1. The van der Waals surface area contributed by atoms with E-state index in [0.717, 1.165) is 0 Å². The third-order valence-electron chi connectivity index (χ3n) is 5.67. The van der Waals surface area contributed by atoms with E-state index < -0.39 is 41.0 Å². The number of likely N-dealkylation sites (tertiary alicyclic amines) is 1. The van der Waals surface area contributed by atoms with E-state index in [2.05, 4.69) is 10.1 Å². The highest BCUT2D eigenvalue weighted by Gasteiger charge is 2.39. The van der Waals surface area contributed by atoms with Crippen molar-refractivity contribution in [2.24, 2.45) is 0 Å². The molecule has 0 spiro atoms. The van der Waals surface area contributed by atoms with Gasteiger partial charge in [-0.05, 0) is 61.7 Å². The molecule has 1 aliphatic rings. The second-order valence-corrected chi connectivity index (χ2v) is 7.99. The number of alkyl halides is 6. The van der Waals surface area contributed by atoms with Gasteiger partial charge >= 0.3 is 12.4 Å². The largest absolute Gasteiger partial charge is 0.497 e. The second-order valence-electron chi connectivity index (χ2n) is 7.99. The van der Waals surface area contributed by atoms with Crippen LogP contribution in [0.4, 0.5) is 26.3 Å². The van der Waals surface area contributed by atoms with Crippen LogP contribution in [0.3, 0.4) is 0 Å². The summed E-state index contributed by atoms with van der Waals surface area (Å²) < 4.78 is 90.0. The highest BCUT2D eigenvalue weighted by molar-refractivity contribution is 5.95. The van der Waals surface area contributed by atoms with E-state index in [-0.39, 0.29) is 24.3 Å². The lowest BCUT2D eigenvalue weighted by Gasteiger charge is -2.33. The molecule has 3 aromatic rings. The summed E-state index contributed by atoms with van der Waals surface area (Å²) in [6.45, 7) is 0.112. The van der Waals surface area contributed by atoms with Crippen LogP contribution < -0.4 is 4.74 Å². The summed E-state index contributed by atoms with van der Waals surface area (Å²) in [6.07, 6.45) is -8.58. The number of halogens is 6. The van der Waals surface area contributed by atoms with Gasteiger partial charge in [-0.3, -0.25) is 4.79 Å². The molecule has 1 unspecified atom stereocenters. The van der Waals surface area contributed by atoms with Crippen molar-refractivity contribution in [2.45, 2.75) is 37.7 Å². The molecule has 0 saturated carbocycles. The maximum Gasteiger partial charge on any atom is 0.416 e. The predicted molar refractivity (Wildman–Crippen MR) is 110 cm³/mol. The topological polar surface area (TPSA) is 68.5 Å². The van der Waals surface area contributed by atoms with Crippen LogP contribution in [-0.2, 0) is 12.4 Å². The highest BCUT2D eigenvalue weighted by atomic mass is 19.4. The summed E-state index contributed by atoms with van der Waals surface area (Å²) in [5, 5.41) is 3.91. The summed E-state index contributed by atoms with van der Waals surface area (Å²) in [5.74, 6) is -0.0951. The highest BCUT2D eigenvalue weighted by Crippen LogP contribution is 2.38. The zero-order valence-electron chi connectivity index (χ0n) is 18.3. The van der Waals surface area contributed by atoms with E-state index in [9.17, 15) is 31.1 Å². The van der Waals surface area contributed by atoms with Gasteiger partial charge in [0, 0.05) is 17.7 Å². The molecule has 0 aliphatic carbocycles. The minimum atomic E-state index is -5.06. The average Bonchev–Trinajstić information content (AvgIpc) is 3.32. The third kappa shape index (κ3) is 5.25. The lowest BCUT2D eigenvalue weighted by molar-refractivity contribution is -0.143. The fraction of sp³-hybridized carbons (Fsp3) is 0.348.